The normalized spacial score (nSPS) is 17.0. The molecular weight excluding hydrogens is 291 g/mol. The van der Waals surface area contributed by atoms with Gasteiger partial charge < -0.3 is 10.6 Å². The fourth-order valence-corrected chi connectivity index (χ4v) is 2.18. The van der Waals surface area contributed by atoms with E-state index in [4.69, 9.17) is 5.73 Å². The van der Waals surface area contributed by atoms with E-state index >= 15 is 0 Å². The lowest BCUT2D eigenvalue weighted by Crippen LogP contribution is -2.49. The van der Waals surface area contributed by atoms with E-state index < -0.39 is 17.6 Å². The quantitative estimate of drug-likeness (QED) is 0.668. The third kappa shape index (κ3) is 3.94. The summed E-state index contributed by atoms with van der Waals surface area (Å²) in [4.78, 5) is 17.0. The SMILES string of the molecule is Nc1nc(N2CCN(CC(F)(F)F)CC2)ccc1[N+](=O)[O-]. The molecule has 0 aliphatic carbocycles. The molecule has 7 nitrogen and oxygen atoms in total. The van der Waals surface area contributed by atoms with Crippen molar-refractivity contribution < 1.29 is 18.1 Å². The lowest BCUT2D eigenvalue weighted by molar-refractivity contribution is -0.384. The maximum absolute atomic E-state index is 12.3. The zero-order chi connectivity index (χ0) is 15.6. The van der Waals surface area contributed by atoms with Crippen LogP contribution in [0, 0.1) is 10.1 Å². The molecule has 0 unspecified atom stereocenters. The zero-order valence-corrected chi connectivity index (χ0v) is 11.0. The Morgan fingerprint density at radius 3 is 2.38 bits per heavy atom. The first-order chi connectivity index (χ1) is 9.76. The Labute approximate surface area is 118 Å². The van der Waals surface area contributed by atoms with E-state index in [1.165, 1.54) is 17.0 Å². The second kappa shape index (κ2) is 5.72. The number of alkyl halides is 3. The van der Waals surface area contributed by atoms with Crippen molar-refractivity contribution >= 4 is 17.3 Å². The number of hydrogen-bond acceptors (Lipinski definition) is 6. The van der Waals surface area contributed by atoms with Gasteiger partial charge in [0.1, 0.15) is 5.82 Å². The minimum atomic E-state index is -4.21. The molecule has 116 valence electrons. The van der Waals surface area contributed by atoms with Crippen LogP contribution in [-0.2, 0) is 0 Å². The predicted octanol–water partition coefficient (Wildman–Crippen LogP) is 1.26. The Morgan fingerprint density at radius 2 is 1.90 bits per heavy atom. The number of rotatable bonds is 3. The van der Waals surface area contributed by atoms with Crippen LogP contribution in [0.4, 0.5) is 30.5 Å². The van der Waals surface area contributed by atoms with E-state index in [1.54, 1.807) is 4.90 Å². The van der Waals surface area contributed by atoms with Gasteiger partial charge in [-0.25, -0.2) is 4.98 Å². The van der Waals surface area contributed by atoms with Gasteiger partial charge in [-0.2, -0.15) is 13.2 Å². The van der Waals surface area contributed by atoms with E-state index in [1.807, 2.05) is 0 Å². The molecular formula is C11H14F3N5O2. The number of anilines is 2. The van der Waals surface area contributed by atoms with Gasteiger partial charge in [0.25, 0.3) is 0 Å². The summed E-state index contributed by atoms with van der Waals surface area (Å²) in [6.07, 6.45) is -4.21. The molecule has 1 aromatic heterocycles. The summed E-state index contributed by atoms with van der Waals surface area (Å²) < 4.78 is 36.9. The topological polar surface area (TPSA) is 88.5 Å². The molecule has 2 heterocycles. The van der Waals surface area contributed by atoms with Crippen LogP contribution >= 0.6 is 0 Å². The van der Waals surface area contributed by atoms with Crippen LogP contribution in [0.1, 0.15) is 0 Å². The first kappa shape index (κ1) is 15.3. The van der Waals surface area contributed by atoms with Crippen LogP contribution in [0.15, 0.2) is 12.1 Å². The van der Waals surface area contributed by atoms with Gasteiger partial charge in [-0.15, -0.1) is 0 Å². The lowest BCUT2D eigenvalue weighted by atomic mass is 10.3. The molecule has 1 aliphatic rings. The Balaban J connectivity index is 1.99. The molecule has 0 saturated carbocycles. The molecule has 2 rings (SSSR count). The third-order valence-corrected chi connectivity index (χ3v) is 3.18. The molecule has 1 aromatic rings. The molecule has 21 heavy (non-hydrogen) atoms. The van der Waals surface area contributed by atoms with Gasteiger partial charge in [0.15, 0.2) is 0 Å². The molecule has 1 fully saturated rings. The fraction of sp³-hybridized carbons (Fsp3) is 0.545. The Morgan fingerprint density at radius 1 is 1.29 bits per heavy atom. The second-order valence-corrected chi connectivity index (χ2v) is 4.71. The van der Waals surface area contributed by atoms with Gasteiger partial charge in [0, 0.05) is 32.2 Å². The molecule has 10 heteroatoms. The molecule has 0 spiro atoms. The fourth-order valence-electron chi connectivity index (χ4n) is 2.18. The number of nitrogens with two attached hydrogens (primary N) is 1. The first-order valence-electron chi connectivity index (χ1n) is 6.21. The number of aromatic nitrogens is 1. The number of nitrogen functional groups attached to an aromatic ring is 1. The van der Waals surface area contributed by atoms with Crippen LogP contribution in [0.2, 0.25) is 0 Å². The van der Waals surface area contributed by atoms with Crippen molar-refractivity contribution in [2.24, 2.45) is 0 Å². The van der Waals surface area contributed by atoms with E-state index in [2.05, 4.69) is 4.98 Å². The van der Waals surface area contributed by atoms with Gasteiger partial charge in [-0.3, -0.25) is 15.0 Å². The average Bonchev–Trinajstić information content (AvgIpc) is 2.37. The van der Waals surface area contributed by atoms with Crippen molar-refractivity contribution in [3.8, 4) is 0 Å². The largest absolute Gasteiger partial charge is 0.401 e. The summed E-state index contributed by atoms with van der Waals surface area (Å²) in [5.41, 5.74) is 5.22. The Hall–Kier alpha value is -2.10. The standard InChI is InChI=1S/C11H14F3N5O2/c12-11(13,14)7-17-3-5-18(6-4-17)9-2-1-8(19(20)21)10(15)16-9/h1-2H,3-7H2,(H2,15,16). The molecule has 0 bridgehead atoms. The Bertz CT molecular complexity index is 529. The number of halogens is 3. The number of nitro groups is 1. The van der Waals surface area contributed by atoms with E-state index in [0.717, 1.165) is 0 Å². The first-order valence-corrected chi connectivity index (χ1v) is 6.21. The Kier molecular flexibility index (Phi) is 4.16. The van der Waals surface area contributed by atoms with Crippen molar-refractivity contribution in [1.82, 2.24) is 9.88 Å². The van der Waals surface area contributed by atoms with Crippen molar-refractivity contribution in [1.29, 1.82) is 0 Å². The summed E-state index contributed by atoms with van der Waals surface area (Å²) in [5.74, 6) is 0.236. The minimum Gasteiger partial charge on any atom is -0.378 e. The number of hydrogen-bond donors (Lipinski definition) is 1. The molecule has 0 radical (unpaired) electrons. The number of pyridine rings is 1. The highest BCUT2D eigenvalue weighted by Crippen LogP contribution is 2.24. The van der Waals surface area contributed by atoms with Crippen molar-refractivity contribution in [2.45, 2.75) is 6.18 Å². The van der Waals surface area contributed by atoms with Crippen LogP contribution in [0.3, 0.4) is 0 Å². The second-order valence-electron chi connectivity index (χ2n) is 4.71. The molecule has 0 amide bonds. The summed E-state index contributed by atoms with van der Waals surface area (Å²) in [5, 5.41) is 10.6. The predicted molar refractivity (Wildman–Crippen MR) is 70.0 cm³/mol. The molecule has 0 atom stereocenters. The summed E-state index contributed by atoms with van der Waals surface area (Å²) in [7, 11) is 0. The monoisotopic (exact) mass is 305 g/mol. The van der Waals surface area contributed by atoms with Crippen molar-refractivity contribution in [3.05, 3.63) is 22.2 Å². The van der Waals surface area contributed by atoms with Crippen molar-refractivity contribution in [3.63, 3.8) is 0 Å². The maximum Gasteiger partial charge on any atom is 0.401 e. The number of nitrogens with zero attached hydrogens (tertiary/aromatic N) is 4. The lowest BCUT2D eigenvalue weighted by Gasteiger charge is -2.35. The summed E-state index contributed by atoms with van der Waals surface area (Å²) >= 11 is 0. The molecule has 1 saturated heterocycles. The van der Waals surface area contributed by atoms with Crippen LogP contribution < -0.4 is 10.6 Å². The summed E-state index contributed by atoms with van der Waals surface area (Å²) in [6.45, 7) is 0.285. The van der Waals surface area contributed by atoms with Crippen LogP contribution in [-0.4, -0.2) is 53.7 Å². The van der Waals surface area contributed by atoms with E-state index in [-0.39, 0.29) is 24.6 Å². The van der Waals surface area contributed by atoms with Gasteiger partial charge >= 0.3 is 11.9 Å². The highest BCUT2D eigenvalue weighted by Gasteiger charge is 2.32. The maximum atomic E-state index is 12.3. The van der Waals surface area contributed by atoms with E-state index in [9.17, 15) is 23.3 Å². The average molecular weight is 305 g/mol. The van der Waals surface area contributed by atoms with Crippen molar-refractivity contribution in [2.75, 3.05) is 43.4 Å². The molecule has 2 N–H and O–H groups in total. The highest BCUT2D eigenvalue weighted by atomic mass is 19.4. The smallest absolute Gasteiger partial charge is 0.378 e. The molecule has 0 aromatic carbocycles. The third-order valence-electron chi connectivity index (χ3n) is 3.18. The van der Waals surface area contributed by atoms with E-state index in [0.29, 0.717) is 18.9 Å². The minimum absolute atomic E-state index is 0.199. The highest BCUT2D eigenvalue weighted by molar-refractivity contribution is 5.58. The van der Waals surface area contributed by atoms with Gasteiger partial charge in [-0.1, -0.05) is 0 Å². The van der Waals surface area contributed by atoms with Gasteiger partial charge in [-0.05, 0) is 6.07 Å². The summed E-state index contributed by atoms with van der Waals surface area (Å²) in [6, 6.07) is 2.70. The van der Waals surface area contributed by atoms with Crippen LogP contribution in [0.5, 0.6) is 0 Å². The molecule has 1 aliphatic heterocycles. The zero-order valence-electron chi connectivity index (χ0n) is 11.0. The number of piperazine rings is 1. The van der Waals surface area contributed by atoms with Gasteiger partial charge in [0.2, 0.25) is 5.82 Å². The van der Waals surface area contributed by atoms with Gasteiger partial charge in [0.05, 0.1) is 11.5 Å². The van der Waals surface area contributed by atoms with Crippen LogP contribution in [0.25, 0.3) is 0 Å².